The van der Waals surface area contributed by atoms with E-state index in [4.69, 9.17) is 20.4 Å². The third kappa shape index (κ3) is 3.71. The van der Waals surface area contributed by atoms with E-state index in [0.29, 0.717) is 17.7 Å². The molecule has 5 rings (SSSR count). The van der Waals surface area contributed by atoms with Gasteiger partial charge in [0.05, 0.1) is 17.5 Å². The van der Waals surface area contributed by atoms with Gasteiger partial charge in [0.25, 0.3) is 0 Å². The highest BCUT2D eigenvalue weighted by Gasteiger charge is 2.30. The van der Waals surface area contributed by atoms with Crippen LogP contribution in [0.4, 0.5) is 5.69 Å². The second-order valence-corrected chi connectivity index (χ2v) is 9.33. The highest BCUT2D eigenvalue weighted by Crippen LogP contribution is 2.30. The summed E-state index contributed by atoms with van der Waals surface area (Å²) in [6.07, 6.45) is 3.88. The van der Waals surface area contributed by atoms with Crippen LogP contribution in [0.15, 0.2) is 56.3 Å². The molecule has 0 aliphatic carbocycles. The molecular weight excluding hydrogens is 426 g/mol. The summed E-state index contributed by atoms with van der Waals surface area (Å²) in [5.41, 5.74) is 4.62. The molecule has 2 aromatic carbocycles. The van der Waals surface area contributed by atoms with Crippen LogP contribution >= 0.6 is 11.6 Å². The second-order valence-electron chi connectivity index (χ2n) is 8.90. The molecule has 2 atom stereocenters. The Kier molecular flexibility index (Phi) is 5.51. The molecule has 0 spiro atoms. The van der Waals surface area contributed by atoms with Crippen molar-refractivity contribution in [3.63, 3.8) is 0 Å². The first-order chi connectivity index (χ1) is 15.4. The minimum Gasteiger partial charge on any atom is -0.464 e. The van der Waals surface area contributed by atoms with Gasteiger partial charge in [-0.25, -0.2) is 4.79 Å². The molecule has 1 aliphatic rings. The Bertz CT molecular complexity index is 1310. The molecule has 0 N–H and O–H groups in total. The van der Waals surface area contributed by atoms with Crippen molar-refractivity contribution in [2.75, 3.05) is 24.5 Å². The van der Waals surface area contributed by atoms with E-state index in [0.717, 1.165) is 59.7 Å². The molecule has 1 aliphatic heterocycles. The average Bonchev–Trinajstić information content (AvgIpc) is 3.30. The molecule has 6 nitrogen and oxygen atoms in total. The van der Waals surface area contributed by atoms with E-state index in [9.17, 15) is 4.79 Å². The van der Waals surface area contributed by atoms with Gasteiger partial charge in [0, 0.05) is 42.6 Å². The van der Waals surface area contributed by atoms with Gasteiger partial charge in [-0.3, -0.25) is 9.47 Å². The molecule has 168 valence electrons. The highest BCUT2D eigenvalue weighted by atomic mass is 35.5. The predicted octanol–water partition coefficient (Wildman–Crippen LogP) is 5.06. The van der Waals surface area contributed by atoms with Gasteiger partial charge in [-0.1, -0.05) is 17.7 Å². The van der Waals surface area contributed by atoms with Gasteiger partial charge in [-0.15, -0.1) is 0 Å². The SMILES string of the molecule is C[C@@H]1CN(c2cccc3c2oc(=O)n3C)C[C@H](C)N1CCCc1coc2ccc(Cl)cc12. The molecule has 0 radical (unpaired) electrons. The van der Waals surface area contributed by atoms with Crippen LogP contribution in [0.5, 0.6) is 0 Å². The number of oxazole rings is 1. The van der Waals surface area contributed by atoms with Crippen molar-refractivity contribution in [2.45, 2.75) is 38.8 Å². The van der Waals surface area contributed by atoms with E-state index >= 15 is 0 Å². The van der Waals surface area contributed by atoms with Gasteiger partial charge >= 0.3 is 5.76 Å². The van der Waals surface area contributed by atoms with E-state index in [1.54, 1.807) is 11.6 Å². The van der Waals surface area contributed by atoms with E-state index in [-0.39, 0.29) is 5.76 Å². The van der Waals surface area contributed by atoms with Crippen LogP contribution in [0.1, 0.15) is 25.8 Å². The van der Waals surface area contributed by atoms with Gasteiger partial charge in [-0.2, -0.15) is 0 Å². The summed E-state index contributed by atoms with van der Waals surface area (Å²) in [5, 5.41) is 1.85. The minimum absolute atomic E-state index is 0.319. The number of fused-ring (bicyclic) bond motifs is 2. The lowest BCUT2D eigenvalue weighted by molar-refractivity contribution is 0.130. The summed E-state index contributed by atoms with van der Waals surface area (Å²) in [4.78, 5) is 17.0. The standard InChI is InChI=1S/C25H28ClN3O3/c1-16-13-28(22-8-4-7-21-24(22)32-25(30)27(21)3)14-17(2)29(16)11-5-6-18-15-31-23-10-9-19(26)12-20(18)23/h4,7-10,12,15-17H,5-6,11,13-14H2,1-3H3/t16-,17+. The molecule has 0 amide bonds. The fourth-order valence-electron chi connectivity index (χ4n) is 5.08. The number of hydrogen-bond donors (Lipinski definition) is 0. The van der Waals surface area contributed by atoms with Gasteiger partial charge < -0.3 is 13.7 Å². The summed E-state index contributed by atoms with van der Waals surface area (Å²) in [5.74, 6) is -0.319. The quantitative estimate of drug-likeness (QED) is 0.422. The number of aromatic nitrogens is 1. The van der Waals surface area contributed by atoms with Crippen molar-refractivity contribution in [3.05, 3.63) is 63.8 Å². The van der Waals surface area contributed by atoms with E-state index in [2.05, 4.69) is 29.7 Å². The second kappa shape index (κ2) is 8.34. The van der Waals surface area contributed by atoms with Crippen molar-refractivity contribution in [3.8, 4) is 0 Å². The maximum absolute atomic E-state index is 12.0. The first kappa shape index (κ1) is 21.2. The molecular formula is C25H28ClN3O3. The summed E-state index contributed by atoms with van der Waals surface area (Å²) < 4.78 is 12.8. The van der Waals surface area contributed by atoms with Crippen LogP contribution in [0, 0.1) is 0 Å². The average molecular weight is 454 g/mol. The summed E-state index contributed by atoms with van der Waals surface area (Å²) in [6.45, 7) is 7.36. The van der Waals surface area contributed by atoms with Crippen molar-refractivity contribution in [2.24, 2.45) is 7.05 Å². The zero-order valence-corrected chi connectivity index (χ0v) is 19.4. The zero-order valence-electron chi connectivity index (χ0n) is 18.7. The number of aryl methyl sites for hydroxylation is 2. The van der Waals surface area contributed by atoms with Gasteiger partial charge in [0.1, 0.15) is 5.58 Å². The predicted molar refractivity (Wildman–Crippen MR) is 129 cm³/mol. The lowest BCUT2D eigenvalue weighted by Crippen LogP contribution is -2.57. The Hall–Kier alpha value is -2.70. The Morgan fingerprint density at radius 2 is 1.91 bits per heavy atom. The monoisotopic (exact) mass is 453 g/mol. The summed E-state index contributed by atoms with van der Waals surface area (Å²) in [7, 11) is 1.75. The normalized spacial score (nSPS) is 19.9. The molecule has 7 heteroatoms. The molecule has 2 aromatic heterocycles. The summed E-state index contributed by atoms with van der Waals surface area (Å²) in [6, 6.07) is 12.5. The number of hydrogen-bond acceptors (Lipinski definition) is 5. The highest BCUT2D eigenvalue weighted by molar-refractivity contribution is 6.31. The maximum Gasteiger partial charge on any atom is 0.419 e. The number of furan rings is 1. The van der Waals surface area contributed by atoms with Crippen molar-refractivity contribution >= 4 is 39.4 Å². The van der Waals surface area contributed by atoms with Crippen LogP contribution in [0.2, 0.25) is 5.02 Å². The van der Waals surface area contributed by atoms with Gasteiger partial charge in [-0.05, 0) is 69.1 Å². The number of rotatable bonds is 5. The van der Waals surface area contributed by atoms with Crippen LogP contribution in [0.3, 0.4) is 0 Å². The largest absolute Gasteiger partial charge is 0.464 e. The summed E-state index contributed by atoms with van der Waals surface area (Å²) >= 11 is 6.17. The number of piperazine rings is 1. The van der Waals surface area contributed by atoms with Crippen molar-refractivity contribution < 1.29 is 8.83 Å². The van der Waals surface area contributed by atoms with E-state index in [1.807, 2.05) is 36.6 Å². The molecule has 0 bridgehead atoms. The van der Waals surface area contributed by atoms with E-state index in [1.165, 1.54) is 5.56 Å². The number of halogens is 1. The Morgan fingerprint density at radius 3 is 2.69 bits per heavy atom. The van der Waals surface area contributed by atoms with Gasteiger partial charge in [0.2, 0.25) is 0 Å². The lowest BCUT2D eigenvalue weighted by Gasteiger charge is -2.45. The third-order valence-electron chi connectivity index (χ3n) is 6.72. The van der Waals surface area contributed by atoms with Crippen LogP contribution in [0.25, 0.3) is 22.1 Å². The number of para-hydroxylation sites is 1. The fraction of sp³-hybridized carbons (Fsp3) is 0.400. The van der Waals surface area contributed by atoms with Crippen LogP contribution < -0.4 is 10.7 Å². The smallest absolute Gasteiger partial charge is 0.419 e. The molecule has 0 unspecified atom stereocenters. The Balaban J connectivity index is 1.27. The number of nitrogens with zero attached hydrogens (tertiary/aromatic N) is 3. The molecule has 1 fully saturated rings. The van der Waals surface area contributed by atoms with Crippen LogP contribution in [-0.4, -0.2) is 41.2 Å². The van der Waals surface area contributed by atoms with Crippen molar-refractivity contribution in [1.29, 1.82) is 0 Å². The molecule has 1 saturated heterocycles. The Morgan fingerprint density at radius 1 is 1.12 bits per heavy atom. The first-order valence-electron chi connectivity index (χ1n) is 11.2. The van der Waals surface area contributed by atoms with Crippen molar-refractivity contribution in [1.82, 2.24) is 9.47 Å². The van der Waals surface area contributed by atoms with Crippen LogP contribution in [-0.2, 0) is 13.5 Å². The lowest BCUT2D eigenvalue weighted by atomic mass is 10.0. The maximum atomic E-state index is 12.0. The molecule has 32 heavy (non-hydrogen) atoms. The third-order valence-corrected chi connectivity index (χ3v) is 6.95. The topological polar surface area (TPSA) is 54.8 Å². The Labute approximate surface area is 191 Å². The number of anilines is 1. The first-order valence-corrected chi connectivity index (χ1v) is 11.5. The zero-order chi connectivity index (χ0) is 22.4. The molecule has 3 heterocycles. The number of benzene rings is 2. The molecule has 4 aromatic rings. The minimum atomic E-state index is -0.319. The molecule has 0 saturated carbocycles. The fourth-order valence-corrected chi connectivity index (χ4v) is 5.25. The van der Waals surface area contributed by atoms with Gasteiger partial charge in [0.15, 0.2) is 5.58 Å². The van der Waals surface area contributed by atoms with E-state index < -0.39 is 0 Å².